The fourth-order valence-electron chi connectivity index (χ4n) is 1.32. The molecule has 1 nitrogen and oxygen atoms in total. The Morgan fingerprint density at radius 1 is 1.33 bits per heavy atom. The Morgan fingerprint density at radius 2 is 2.07 bits per heavy atom. The number of halogens is 1. The molecule has 1 aromatic carbocycles. The van der Waals surface area contributed by atoms with Crippen molar-refractivity contribution in [3.05, 3.63) is 47.0 Å². The molecular weight excluding hydrogens is 206 g/mol. The summed E-state index contributed by atoms with van der Waals surface area (Å²) in [5.74, 6) is 0.585. The lowest BCUT2D eigenvalue weighted by molar-refractivity contribution is 0.756. The average molecular weight is 224 g/mol. The molecule has 2 heteroatoms. The highest BCUT2D eigenvalue weighted by atomic mass is 35.5. The first-order valence-corrected chi connectivity index (χ1v) is 5.73. The SMILES string of the molecule is CC(C)=CCNCc1cccc(CCl)c1. The van der Waals surface area contributed by atoms with Gasteiger partial charge in [-0.3, -0.25) is 0 Å². The van der Waals surface area contributed by atoms with Crippen molar-refractivity contribution in [2.75, 3.05) is 6.54 Å². The van der Waals surface area contributed by atoms with Gasteiger partial charge in [-0.2, -0.15) is 0 Å². The summed E-state index contributed by atoms with van der Waals surface area (Å²) in [6.07, 6.45) is 2.19. The minimum atomic E-state index is 0.585. The summed E-state index contributed by atoms with van der Waals surface area (Å²) >= 11 is 5.77. The van der Waals surface area contributed by atoms with Crippen LogP contribution in [0.15, 0.2) is 35.9 Å². The first-order chi connectivity index (χ1) is 7.22. The van der Waals surface area contributed by atoms with Crippen LogP contribution in [-0.4, -0.2) is 6.54 Å². The smallest absolute Gasteiger partial charge is 0.0474 e. The highest BCUT2D eigenvalue weighted by molar-refractivity contribution is 6.17. The summed E-state index contributed by atoms with van der Waals surface area (Å²) in [6, 6.07) is 8.36. The minimum Gasteiger partial charge on any atom is -0.309 e. The third kappa shape index (κ3) is 5.01. The summed E-state index contributed by atoms with van der Waals surface area (Å²) < 4.78 is 0. The maximum absolute atomic E-state index is 5.77. The summed E-state index contributed by atoms with van der Waals surface area (Å²) in [6.45, 7) is 6.04. The van der Waals surface area contributed by atoms with Crippen molar-refractivity contribution in [3.63, 3.8) is 0 Å². The van der Waals surface area contributed by atoms with Crippen molar-refractivity contribution in [3.8, 4) is 0 Å². The topological polar surface area (TPSA) is 12.0 Å². The predicted molar refractivity (Wildman–Crippen MR) is 67.1 cm³/mol. The van der Waals surface area contributed by atoms with Crippen molar-refractivity contribution >= 4 is 11.6 Å². The zero-order chi connectivity index (χ0) is 11.1. The normalized spacial score (nSPS) is 10.1. The van der Waals surface area contributed by atoms with Gasteiger partial charge in [-0.05, 0) is 25.0 Å². The molecular formula is C13H18ClN. The first kappa shape index (κ1) is 12.3. The fourth-order valence-corrected chi connectivity index (χ4v) is 1.48. The van der Waals surface area contributed by atoms with Gasteiger partial charge < -0.3 is 5.32 Å². The molecule has 1 N–H and O–H groups in total. The zero-order valence-corrected chi connectivity index (χ0v) is 10.1. The van der Waals surface area contributed by atoms with Gasteiger partial charge in [0.25, 0.3) is 0 Å². The summed E-state index contributed by atoms with van der Waals surface area (Å²) in [7, 11) is 0. The first-order valence-electron chi connectivity index (χ1n) is 5.20. The van der Waals surface area contributed by atoms with Crippen LogP contribution < -0.4 is 5.32 Å². The molecule has 0 unspecified atom stereocenters. The number of rotatable bonds is 5. The van der Waals surface area contributed by atoms with Crippen molar-refractivity contribution in [1.29, 1.82) is 0 Å². The Morgan fingerprint density at radius 3 is 2.73 bits per heavy atom. The quantitative estimate of drug-likeness (QED) is 0.458. The Hall–Kier alpha value is -0.790. The van der Waals surface area contributed by atoms with Gasteiger partial charge >= 0.3 is 0 Å². The molecule has 0 radical (unpaired) electrons. The van der Waals surface area contributed by atoms with Crippen LogP contribution in [0.4, 0.5) is 0 Å². The minimum absolute atomic E-state index is 0.585. The van der Waals surface area contributed by atoms with Crippen LogP contribution in [0.2, 0.25) is 0 Å². The van der Waals surface area contributed by atoms with E-state index < -0.39 is 0 Å². The molecule has 0 amide bonds. The van der Waals surface area contributed by atoms with Crippen molar-refractivity contribution in [1.82, 2.24) is 5.32 Å². The molecule has 0 aliphatic heterocycles. The van der Waals surface area contributed by atoms with Crippen LogP contribution in [0.3, 0.4) is 0 Å². The van der Waals surface area contributed by atoms with Gasteiger partial charge in [-0.15, -0.1) is 11.6 Å². The van der Waals surface area contributed by atoms with Gasteiger partial charge in [0.05, 0.1) is 0 Å². The Labute approximate surface area is 97.1 Å². The van der Waals surface area contributed by atoms with Crippen LogP contribution in [0.25, 0.3) is 0 Å². The number of benzene rings is 1. The number of nitrogens with one attached hydrogen (secondary N) is 1. The van der Waals surface area contributed by atoms with E-state index in [0.717, 1.165) is 13.1 Å². The molecule has 0 atom stereocenters. The van der Waals surface area contributed by atoms with Gasteiger partial charge in [0.15, 0.2) is 0 Å². The van der Waals surface area contributed by atoms with E-state index in [1.54, 1.807) is 0 Å². The molecule has 0 bridgehead atoms. The summed E-state index contributed by atoms with van der Waals surface area (Å²) in [5.41, 5.74) is 3.81. The van der Waals surface area contributed by atoms with Gasteiger partial charge in [-0.25, -0.2) is 0 Å². The van der Waals surface area contributed by atoms with E-state index >= 15 is 0 Å². The predicted octanol–water partition coefficient (Wildman–Crippen LogP) is 3.48. The third-order valence-corrected chi connectivity index (χ3v) is 2.44. The van der Waals surface area contributed by atoms with E-state index in [2.05, 4.69) is 43.4 Å². The molecule has 0 aliphatic rings. The van der Waals surface area contributed by atoms with Gasteiger partial charge in [0.2, 0.25) is 0 Å². The van der Waals surface area contributed by atoms with E-state index in [9.17, 15) is 0 Å². The number of hydrogen-bond acceptors (Lipinski definition) is 1. The largest absolute Gasteiger partial charge is 0.309 e. The van der Waals surface area contributed by atoms with Crippen LogP contribution >= 0.6 is 11.6 Å². The molecule has 1 rings (SSSR count). The molecule has 0 saturated carbocycles. The number of allylic oxidation sites excluding steroid dienone is 1. The number of alkyl halides is 1. The number of hydrogen-bond donors (Lipinski definition) is 1. The maximum Gasteiger partial charge on any atom is 0.0474 e. The lowest BCUT2D eigenvalue weighted by Crippen LogP contribution is -2.13. The molecule has 0 saturated heterocycles. The second kappa shape index (κ2) is 6.65. The van der Waals surface area contributed by atoms with Crippen LogP contribution in [0.1, 0.15) is 25.0 Å². The molecule has 82 valence electrons. The van der Waals surface area contributed by atoms with Gasteiger partial charge in [0.1, 0.15) is 0 Å². The molecule has 0 aromatic heterocycles. The molecule has 0 spiro atoms. The Kier molecular flexibility index (Phi) is 5.44. The van der Waals surface area contributed by atoms with E-state index in [-0.39, 0.29) is 0 Å². The van der Waals surface area contributed by atoms with Gasteiger partial charge in [-0.1, -0.05) is 35.9 Å². The van der Waals surface area contributed by atoms with Gasteiger partial charge in [0, 0.05) is 19.0 Å². The van der Waals surface area contributed by atoms with Crippen molar-refractivity contribution < 1.29 is 0 Å². The Balaban J connectivity index is 2.40. The van der Waals surface area contributed by atoms with E-state index in [1.165, 1.54) is 16.7 Å². The lowest BCUT2D eigenvalue weighted by atomic mass is 10.1. The molecule has 0 heterocycles. The second-order valence-electron chi connectivity index (χ2n) is 3.87. The van der Waals surface area contributed by atoms with E-state index in [1.807, 2.05) is 6.07 Å². The molecule has 0 aliphatic carbocycles. The van der Waals surface area contributed by atoms with Crippen molar-refractivity contribution in [2.24, 2.45) is 0 Å². The third-order valence-electron chi connectivity index (χ3n) is 2.13. The molecule has 15 heavy (non-hydrogen) atoms. The lowest BCUT2D eigenvalue weighted by Gasteiger charge is -2.04. The van der Waals surface area contributed by atoms with Crippen LogP contribution in [0.5, 0.6) is 0 Å². The summed E-state index contributed by atoms with van der Waals surface area (Å²) in [4.78, 5) is 0. The van der Waals surface area contributed by atoms with E-state index in [0.29, 0.717) is 5.88 Å². The van der Waals surface area contributed by atoms with E-state index in [4.69, 9.17) is 11.6 Å². The molecule has 0 fully saturated rings. The highest BCUT2D eigenvalue weighted by Crippen LogP contribution is 2.07. The highest BCUT2D eigenvalue weighted by Gasteiger charge is 1.93. The Bertz CT molecular complexity index is 327. The van der Waals surface area contributed by atoms with Crippen LogP contribution in [0, 0.1) is 0 Å². The molecule has 1 aromatic rings. The zero-order valence-electron chi connectivity index (χ0n) is 9.39. The average Bonchev–Trinajstić information content (AvgIpc) is 2.24. The fraction of sp³-hybridized carbons (Fsp3) is 0.385. The monoisotopic (exact) mass is 223 g/mol. The standard InChI is InChI=1S/C13H18ClN/c1-11(2)6-7-15-10-13-5-3-4-12(8-13)9-14/h3-6,8,15H,7,9-10H2,1-2H3. The van der Waals surface area contributed by atoms with Crippen molar-refractivity contribution in [2.45, 2.75) is 26.3 Å². The summed E-state index contributed by atoms with van der Waals surface area (Å²) in [5, 5.41) is 3.36. The second-order valence-corrected chi connectivity index (χ2v) is 4.13. The van der Waals surface area contributed by atoms with Crippen LogP contribution in [-0.2, 0) is 12.4 Å². The maximum atomic E-state index is 5.77.